The predicted molar refractivity (Wildman–Crippen MR) is 67.0 cm³/mol. The van der Waals surface area contributed by atoms with Crippen molar-refractivity contribution in [1.29, 1.82) is 0 Å². The van der Waals surface area contributed by atoms with Gasteiger partial charge < -0.3 is 4.90 Å². The van der Waals surface area contributed by atoms with Crippen LogP contribution in [0.5, 0.6) is 0 Å². The van der Waals surface area contributed by atoms with Crippen molar-refractivity contribution >= 4 is 0 Å². The van der Waals surface area contributed by atoms with Crippen LogP contribution in [-0.4, -0.2) is 48.6 Å². The molecule has 1 aliphatic heterocycles. The minimum absolute atomic E-state index is 0.105. The average Bonchev–Trinajstić information content (AvgIpc) is 2.31. The molecule has 0 aromatic heterocycles. The molecule has 2 aliphatic rings. The van der Waals surface area contributed by atoms with E-state index < -0.39 is 0 Å². The van der Waals surface area contributed by atoms with Gasteiger partial charge in [0.2, 0.25) is 0 Å². The highest BCUT2D eigenvalue weighted by atomic mass is 15.3. The molecule has 0 bridgehead atoms. The number of hydrogen-bond donors (Lipinski definition) is 0. The summed E-state index contributed by atoms with van der Waals surface area (Å²) in [5, 5.41) is 0. The van der Waals surface area contributed by atoms with Crippen molar-refractivity contribution in [2.24, 2.45) is 0 Å². The highest BCUT2D eigenvalue weighted by Gasteiger charge is 2.37. The molecule has 0 aromatic carbocycles. The Morgan fingerprint density at radius 3 is 2.19 bits per heavy atom. The topological polar surface area (TPSA) is 6.48 Å². The highest BCUT2D eigenvalue weighted by Crippen LogP contribution is 2.33. The Balaban J connectivity index is 2.08. The van der Waals surface area contributed by atoms with Crippen LogP contribution in [0.2, 0.25) is 0 Å². The van der Waals surface area contributed by atoms with Gasteiger partial charge in [-0.05, 0) is 19.9 Å². The van der Waals surface area contributed by atoms with Crippen LogP contribution in [0.1, 0.15) is 32.1 Å². The van der Waals surface area contributed by atoms with E-state index in [0.29, 0.717) is 0 Å². The van der Waals surface area contributed by atoms with Gasteiger partial charge in [0.15, 0.2) is 0 Å². The van der Waals surface area contributed by atoms with Crippen LogP contribution in [0, 0.1) is 18.8 Å². The summed E-state index contributed by atoms with van der Waals surface area (Å²) < 4.78 is 0. The van der Waals surface area contributed by atoms with Gasteiger partial charge in [-0.25, -0.2) is 0 Å². The fourth-order valence-electron chi connectivity index (χ4n) is 3.03. The first-order chi connectivity index (χ1) is 7.77. The molecule has 1 saturated carbocycles. The molecule has 1 heterocycles. The molecule has 16 heavy (non-hydrogen) atoms. The van der Waals surface area contributed by atoms with Gasteiger partial charge in [-0.2, -0.15) is 0 Å². The molecule has 88 valence electrons. The fraction of sp³-hybridized carbons (Fsp3) is 0.786. The van der Waals surface area contributed by atoms with Crippen molar-refractivity contribution < 1.29 is 0 Å². The van der Waals surface area contributed by atoms with Crippen molar-refractivity contribution in [2.45, 2.75) is 37.6 Å². The first kappa shape index (κ1) is 12.0. The third-order valence-corrected chi connectivity index (χ3v) is 4.09. The van der Waals surface area contributed by atoms with Crippen LogP contribution in [0.15, 0.2) is 0 Å². The molecule has 2 heteroatoms. The molecule has 0 unspecified atom stereocenters. The second-order valence-electron chi connectivity index (χ2n) is 5.15. The van der Waals surface area contributed by atoms with E-state index in [4.69, 9.17) is 6.92 Å². The quantitative estimate of drug-likeness (QED) is 0.618. The molecule has 2 radical (unpaired) electrons. The lowest BCUT2D eigenvalue weighted by Crippen LogP contribution is -2.56. The smallest absolute Gasteiger partial charge is 0.0826 e. The minimum Gasteiger partial charge on any atom is -0.304 e. The van der Waals surface area contributed by atoms with Gasteiger partial charge in [0, 0.05) is 26.2 Å². The minimum atomic E-state index is 0.105. The van der Waals surface area contributed by atoms with Crippen LogP contribution < -0.4 is 0 Å². The summed E-state index contributed by atoms with van der Waals surface area (Å²) in [4.78, 5) is 4.97. The van der Waals surface area contributed by atoms with Gasteiger partial charge in [0.1, 0.15) is 0 Å². The van der Waals surface area contributed by atoms with Crippen molar-refractivity contribution in [3.05, 3.63) is 6.92 Å². The van der Waals surface area contributed by atoms with Gasteiger partial charge in [0.25, 0.3) is 0 Å². The SMILES string of the molecule is [CH]C#CC1(N2CCN(C)CC2)CCCCC1. The monoisotopic (exact) mass is 218 g/mol. The molecule has 0 atom stereocenters. The third kappa shape index (κ3) is 2.42. The lowest BCUT2D eigenvalue weighted by molar-refractivity contribution is 0.0513. The molecule has 0 spiro atoms. The number of rotatable bonds is 1. The molecule has 1 saturated heterocycles. The van der Waals surface area contributed by atoms with Gasteiger partial charge in [-0.3, -0.25) is 4.90 Å². The van der Waals surface area contributed by atoms with Crippen molar-refractivity contribution in [3.8, 4) is 11.8 Å². The maximum Gasteiger partial charge on any atom is 0.0826 e. The number of hydrogen-bond acceptors (Lipinski definition) is 2. The van der Waals surface area contributed by atoms with Crippen molar-refractivity contribution in [2.75, 3.05) is 33.2 Å². The molecule has 2 fully saturated rings. The Hall–Kier alpha value is -0.520. The normalized spacial score (nSPS) is 27.1. The molecule has 0 amide bonds. The van der Waals surface area contributed by atoms with E-state index in [1.807, 2.05) is 0 Å². The fourth-order valence-corrected chi connectivity index (χ4v) is 3.03. The van der Waals surface area contributed by atoms with E-state index in [0.717, 1.165) is 26.2 Å². The zero-order valence-corrected chi connectivity index (χ0v) is 10.3. The van der Waals surface area contributed by atoms with Crippen LogP contribution >= 0.6 is 0 Å². The van der Waals surface area contributed by atoms with E-state index in [1.165, 1.54) is 32.1 Å². The van der Waals surface area contributed by atoms with Crippen LogP contribution in [0.3, 0.4) is 0 Å². The van der Waals surface area contributed by atoms with E-state index in [1.54, 1.807) is 0 Å². The van der Waals surface area contributed by atoms with Crippen LogP contribution in [0.4, 0.5) is 0 Å². The predicted octanol–water partition coefficient (Wildman–Crippen LogP) is 1.65. The van der Waals surface area contributed by atoms with E-state index in [-0.39, 0.29) is 5.54 Å². The molecule has 0 N–H and O–H groups in total. The zero-order valence-electron chi connectivity index (χ0n) is 10.3. The summed E-state index contributed by atoms with van der Waals surface area (Å²) in [7, 11) is 2.19. The third-order valence-electron chi connectivity index (χ3n) is 4.09. The first-order valence-electron chi connectivity index (χ1n) is 6.43. The van der Waals surface area contributed by atoms with E-state index in [2.05, 4.69) is 28.7 Å². The van der Waals surface area contributed by atoms with E-state index >= 15 is 0 Å². The summed E-state index contributed by atoms with van der Waals surface area (Å²) in [6.07, 6.45) is 6.39. The Bertz CT molecular complexity index is 273. The Morgan fingerprint density at radius 1 is 1.00 bits per heavy atom. The standard InChI is InChI=1S/C14H22N2/c1-3-7-14(8-5-4-6-9-14)16-12-10-15(2)11-13-16/h1H,4-6,8-13H2,2H3. The van der Waals surface area contributed by atoms with Crippen molar-refractivity contribution in [3.63, 3.8) is 0 Å². The van der Waals surface area contributed by atoms with Crippen LogP contribution in [-0.2, 0) is 0 Å². The number of piperazine rings is 1. The molecule has 2 rings (SSSR count). The number of nitrogens with zero attached hydrogens (tertiary/aromatic N) is 2. The summed E-state index contributed by atoms with van der Waals surface area (Å²) in [6, 6.07) is 0. The zero-order chi connectivity index (χ0) is 11.4. The summed E-state index contributed by atoms with van der Waals surface area (Å²) in [6.45, 7) is 10.1. The molecular formula is C14H22N2. The summed E-state index contributed by atoms with van der Waals surface area (Å²) in [5.74, 6) is 6.00. The summed E-state index contributed by atoms with van der Waals surface area (Å²) >= 11 is 0. The second-order valence-corrected chi connectivity index (χ2v) is 5.15. The van der Waals surface area contributed by atoms with Crippen LogP contribution in [0.25, 0.3) is 0 Å². The highest BCUT2D eigenvalue weighted by molar-refractivity contribution is 5.21. The Labute approximate surface area is 100.0 Å². The number of likely N-dealkylation sites (N-methyl/N-ethyl adjacent to an activating group) is 1. The van der Waals surface area contributed by atoms with Gasteiger partial charge in [-0.1, -0.05) is 31.1 Å². The summed E-state index contributed by atoms with van der Waals surface area (Å²) in [5.41, 5.74) is 0.105. The average molecular weight is 218 g/mol. The Morgan fingerprint density at radius 2 is 1.62 bits per heavy atom. The van der Waals surface area contributed by atoms with Crippen molar-refractivity contribution in [1.82, 2.24) is 9.80 Å². The molecule has 1 aliphatic carbocycles. The largest absolute Gasteiger partial charge is 0.304 e. The molecule has 2 nitrogen and oxygen atoms in total. The van der Waals surface area contributed by atoms with Gasteiger partial charge >= 0.3 is 0 Å². The second kappa shape index (κ2) is 5.21. The van der Waals surface area contributed by atoms with E-state index in [9.17, 15) is 0 Å². The first-order valence-corrected chi connectivity index (χ1v) is 6.43. The lowest BCUT2D eigenvalue weighted by atomic mass is 9.80. The molecular weight excluding hydrogens is 196 g/mol. The van der Waals surface area contributed by atoms with Gasteiger partial charge in [-0.15, -0.1) is 0 Å². The van der Waals surface area contributed by atoms with Gasteiger partial charge in [0.05, 0.1) is 12.5 Å². The molecule has 0 aromatic rings. The maximum absolute atomic E-state index is 5.48. The Kier molecular flexibility index (Phi) is 3.89. The maximum atomic E-state index is 5.48. The lowest BCUT2D eigenvalue weighted by Gasteiger charge is -2.46.